The number of nitrogens with one attached hydrogen (secondary N) is 1. The molecule has 1 aromatic carbocycles. The topological polar surface area (TPSA) is 42.0 Å². The molecule has 0 saturated heterocycles. The Hall–Kier alpha value is -0.850. The summed E-state index contributed by atoms with van der Waals surface area (Å²) in [6.45, 7) is 2.87. The molecule has 2 aromatic rings. The zero-order valence-electron chi connectivity index (χ0n) is 12.5. The van der Waals surface area contributed by atoms with E-state index in [2.05, 4.69) is 45.3 Å². The summed E-state index contributed by atoms with van der Waals surface area (Å²) in [4.78, 5) is 16.3. The second-order valence-corrected chi connectivity index (χ2v) is 7.90. The van der Waals surface area contributed by atoms with Crippen LogP contribution in [0, 0.1) is 0 Å². The number of rotatable bonds is 8. The molecule has 6 heteroatoms. The molecule has 1 amide bonds. The number of nitrogens with zero attached hydrogens (tertiary/aromatic N) is 1. The van der Waals surface area contributed by atoms with Crippen molar-refractivity contribution in [2.24, 2.45) is 0 Å². The fourth-order valence-electron chi connectivity index (χ4n) is 1.79. The normalized spacial score (nSPS) is 10.6. The summed E-state index contributed by atoms with van der Waals surface area (Å²) in [6, 6.07) is 8.30. The Kier molecular flexibility index (Phi) is 7.42. The molecule has 0 radical (unpaired) electrons. The Bertz CT molecular complexity index is 598. The van der Waals surface area contributed by atoms with Gasteiger partial charge >= 0.3 is 0 Å². The van der Waals surface area contributed by atoms with Crippen LogP contribution in [0.25, 0.3) is 0 Å². The highest BCUT2D eigenvalue weighted by atomic mass is 79.9. The summed E-state index contributed by atoms with van der Waals surface area (Å²) in [6.07, 6.45) is 2.49. The second-order valence-electron chi connectivity index (χ2n) is 4.90. The smallest absolute Gasteiger partial charge is 0.226 e. The summed E-state index contributed by atoms with van der Waals surface area (Å²) < 4.78 is 2.10. The van der Waals surface area contributed by atoms with Crippen molar-refractivity contribution in [1.82, 2.24) is 10.3 Å². The van der Waals surface area contributed by atoms with Crippen LogP contribution in [0.2, 0.25) is 0 Å². The van der Waals surface area contributed by atoms with Gasteiger partial charge in [0.15, 0.2) is 0 Å². The van der Waals surface area contributed by atoms with Gasteiger partial charge in [0.25, 0.3) is 0 Å². The quantitative estimate of drug-likeness (QED) is 0.519. The molecule has 0 atom stereocenters. The first kappa shape index (κ1) is 17.5. The molecule has 118 valence electrons. The lowest BCUT2D eigenvalue weighted by molar-refractivity contribution is -0.120. The summed E-state index contributed by atoms with van der Waals surface area (Å²) in [5.74, 6) is 0.950. The molecule has 0 aliphatic carbocycles. The van der Waals surface area contributed by atoms with Gasteiger partial charge < -0.3 is 5.32 Å². The molecule has 3 nitrogen and oxygen atoms in total. The van der Waals surface area contributed by atoms with Gasteiger partial charge in [0.1, 0.15) is 4.34 Å². The summed E-state index contributed by atoms with van der Waals surface area (Å²) >= 11 is 6.75. The summed E-state index contributed by atoms with van der Waals surface area (Å²) in [5, 5.41) is 4.89. The highest BCUT2D eigenvalue weighted by molar-refractivity contribution is 9.10. The first-order chi connectivity index (χ1) is 10.7. The number of aromatic nitrogens is 1. The van der Waals surface area contributed by atoms with Gasteiger partial charge in [0.2, 0.25) is 5.91 Å². The molecular formula is C16H19BrN2OS2. The van der Waals surface area contributed by atoms with Gasteiger partial charge in [0, 0.05) is 22.2 Å². The van der Waals surface area contributed by atoms with E-state index in [0.29, 0.717) is 6.42 Å². The van der Waals surface area contributed by atoms with E-state index in [-0.39, 0.29) is 5.91 Å². The molecule has 0 bridgehead atoms. The molecule has 0 saturated carbocycles. The Morgan fingerprint density at radius 1 is 1.36 bits per heavy atom. The predicted octanol–water partition coefficient (Wildman–Crippen LogP) is 4.66. The number of unbranched alkanes of at least 4 members (excludes halogenated alkanes) is 1. The number of thioether (sulfide) groups is 1. The van der Waals surface area contributed by atoms with Crippen LogP contribution in [0.1, 0.15) is 31.0 Å². The van der Waals surface area contributed by atoms with E-state index in [0.717, 1.165) is 39.6 Å². The third kappa shape index (κ3) is 6.10. The van der Waals surface area contributed by atoms with Crippen LogP contribution >= 0.6 is 39.0 Å². The van der Waals surface area contributed by atoms with Crippen LogP contribution in [-0.4, -0.2) is 17.4 Å². The van der Waals surface area contributed by atoms with E-state index in [4.69, 9.17) is 0 Å². The number of hydrogen-bond acceptors (Lipinski definition) is 4. The Morgan fingerprint density at radius 3 is 2.86 bits per heavy atom. The van der Waals surface area contributed by atoms with E-state index < -0.39 is 0 Å². The van der Waals surface area contributed by atoms with Gasteiger partial charge in [-0.2, -0.15) is 0 Å². The van der Waals surface area contributed by atoms with Crippen molar-refractivity contribution in [3.8, 4) is 0 Å². The number of hydrogen-bond donors (Lipinski definition) is 1. The first-order valence-corrected chi connectivity index (χ1v) is 9.91. The minimum Gasteiger partial charge on any atom is -0.356 e. The largest absolute Gasteiger partial charge is 0.356 e. The third-order valence-electron chi connectivity index (χ3n) is 3.00. The van der Waals surface area contributed by atoms with Crippen LogP contribution in [-0.2, 0) is 17.0 Å². The third-order valence-corrected chi connectivity index (χ3v) is 5.67. The van der Waals surface area contributed by atoms with Gasteiger partial charge in [-0.1, -0.05) is 53.2 Å². The lowest BCUT2D eigenvalue weighted by Gasteiger charge is -2.02. The zero-order valence-corrected chi connectivity index (χ0v) is 15.7. The number of benzene rings is 1. The standard InChI is InChI=1S/C16H19BrN2OS2/c1-2-3-8-18-15(20)9-14-11-22-16(19-14)21-10-12-4-6-13(17)7-5-12/h4-7,11H,2-3,8-10H2,1H3,(H,18,20). The number of amides is 1. The molecular weight excluding hydrogens is 380 g/mol. The molecule has 0 aliphatic heterocycles. The minimum absolute atomic E-state index is 0.0585. The van der Waals surface area contributed by atoms with Crippen molar-refractivity contribution >= 4 is 44.9 Å². The maximum atomic E-state index is 11.8. The molecule has 22 heavy (non-hydrogen) atoms. The van der Waals surface area contributed by atoms with Crippen molar-refractivity contribution in [1.29, 1.82) is 0 Å². The molecule has 0 fully saturated rings. The van der Waals surface area contributed by atoms with Gasteiger partial charge in [-0.15, -0.1) is 11.3 Å². The average molecular weight is 399 g/mol. The highest BCUT2D eigenvalue weighted by Crippen LogP contribution is 2.26. The summed E-state index contributed by atoms with van der Waals surface area (Å²) in [7, 11) is 0. The lowest BCUT2D eigenvalue weighted by atomic mass is 10.2. The van der Waals surface area contributed by atoms with E-state index in [1.54, 1.807) is 23.1 Å². The average Bonchev–Trinajstić information content (AvgIpc) is 2.94. The zero-order chi connectivity index (χ0) is 15.8. The molecule has 1 aromatic heterocycles. The minimum atomic E-state index is 0.0585. The molecule has 0 unspecified atom stereocenters. The molecule has 1 heterocycles. The van der Waals surface area contributed by atoms with Crippen molar-refractivity contribution < 1.29 is 4.79 Å². The van der Waals surface area contributed by atoms with Crippen LogP contribution in [0.4, 0.5) is 0 Å². The molecule has 2 rings (SSSR count). The Morgan fingerprint density at radius 2 is 2.14 bits per heavy atom. The van der Waals surface area contributed by atoms with Crippen molar-refractivity contribution in [2.75, 3.05) is 6.54 Å². The molecule has 0 aliphatic rings. The highest BCUT2D eigenvalue weighted by Gasteiger charge is 2.08. The van der Waals surface area contributed by atoms with E-state index in [1.807, 2.05) is 17.5 Å². The van der Waals surface area contributed by atoms with E-state index >= 15 is 0 Å². The number of carbonyl (C=O) groups excluding carboxylic acids is 1. The Labute approximate surface area is 148 Å². The first-order valence-electron chi connectivity index (χ1n) is 7.25. The van der Waals surface area contributed by atoms with Crippen molar-refractivity contribution in [3.05, 3.63) is 45.4 Å². The van der Waals surface area contributed by atoms with Crippen molar-refractivity contribution in [2.45, 2.75) is 36.3 Å². The SMILES string of the molecule is CCCCNC(=O)Cc1csc(SCc2ccc(Br)cc2)n1. The fraction of sp³-hybridized carbons (Fsp3) is 0.375. The lowest BCUT2D eigenvalue weighted by Crippen LogP contribution is -2.26. The van der Waals surface area contributed by atoms with Gasteiger partial charge in [0.05, 0.1) is 12.1 Å². The maximum Gasteiger partial charge on any atom is 0.226 e. The number of halogens is 1. The van der Waals surface area contributed by atoms with Crippen LogP contribution in [0.3, 0.4) is 0 Å². The van der Waals surface area contributed by atoms with Gasteiger partial charge in [-0.05, 0) is 24.1 Å². The van der Waals surface area contributed by atoms with Crippen molar-refractivity contribution in [3.63, 3.8) is 0 Å². The molecule has 1 N–H and O–H groups in total. The fourth-order valence-corrected chi connectivity index (χ4v) is 3.86. The Balaban J connectivity index is 1.78. The molecule has 0 spiro atoms. The number of thiazole rings is 1. The van der Waals surface area contributed by atoms with Crippen LogP contribution in [0.5, 0.6) is 0 Å². The van der Waals surface area contributed by atoms with E-state index in [9.17, 15) is 4.79 Å². The van der Waals surface area contributed by atoms with E-state index in [1.165, 1.54) is 5.56 Å². The van der Waals surface area contributed by atoms with Crippen LogP contribution < -0.4 is 5.32 Å². The van der Waals surface area contributed by atoms with Crippen LogP contribution in [0.15, 0.2) is 38.5 Å². The second kappa shape index (κ2) is 9.33. The predicted molar refractivity (Wildman–Crippen MR) is 97.4 cm³/mol. The van der Waals surface area contributed by atoms with Gasteiger partial charge in [-0.25, -0.2) is 4.98 Å². The maximum absolute atomic E-state index is 11.8. The summed E-state index contributed by atoms with van der Waals surface area (Å²) in [5.41, 5.74) is 2.12. The monoisotopic (exact) mass is 398 g/mol. The van der Waals surface area contributed by atoms with Gasteiger partial charge in [-0.3, -0.25) is 4.79 Å². The number of carbonyl (C=O) groups is 1.